The smallest absolute Gasteiger partial charge is 0.339 e. The molecule has 3 heterocycles. The average molecular weight is 383 g/mol. The molecule has 1 N–H and O–H groups in total. The third-order valence-electron chi connectivity index (χ3n) is 5.62. The van der Waals surface area contributed by atoms with E-state index in [9.17, 15) is 19.5 Å². The fraction of sp³-hybridized carbons (Fsp3) is 0.381. The Hall–Kier alpha value is -3.09. The maximum absolute atomic E-state index is 12.5. The number of nitrogens with zero attached hydrogens (tertiary/aromatic N) is 1. The Morgan fingerprint density at radius 2 is 2.00 bits per heavy atom. The zero-order valence-corrected chi connectivity index (χ0v) is 15.8. The van der Waals surface area contributed by atoms with E-state index in [0.717, 1.165) is 21.9 Å². The fourth-order valence-electron chi connectivity index (χ4n) is 4.02. The normalized spacial score (nSPS) is 16.9. The number of carboxylic acids is 1. The van der Waals surface area contributed by atoms with Crippen molar-refractivity contribution in [1.29, 1.82) is 0 Å². The van der Waals surface area contributed by atoms with Crippen LogP contribution in [0.15, 0.2) is 32.0 Å². The van der Waals surface area contributed by atoms with Gasteiger partial charge in [0.25, 0.3) is 0 Å². The molecule has 0 saturated carbocycles. The first-order chi connectivity index (χ1) is 13.4. The average Bonchev–Trinajstić information content (AvgIpc) is 3.27. The van der Waals surface area contributed by atoms with E-state index in [4.69, 9.17) is 8.83 Å². The predicted octanol–water partition coefficient (Wildman–Crippen LogP) is 3.16. The molecule has 0 spiro atoms. The lowest BCUT2D eigenvalue weighted by molar-refractivity contribution is -0.148. The molecule has 7 heteroatoms. The number of furan rings is 1. The number of aliphatic carboxylic acids is 1. The number of carbonyl (C=O) groups excluding carboxylic acids is 1. The van der Waals surface area contributed by atoms with E-state index in [-0.39, 0.29) is 18.7 Å². The molecule has 1 atom stereocenters. The third kappa shape index (κ3) is 2.96. The first kappa shape index (κ1) is 18.3. The molecular formula is C21H21NO6. The summed E-state index contributed by atoms with van der Waals surface area (Å²) in [6, 6.07) is 2.88. The van der Waals surface area contributed by atoms with E-state index >= 15 is 0 Å². The van der Waals surface area contributed by atoms with Gasteiger partial charge in [0.1, 0.15) is 17.2 Å². The molecule has 3 aromatic rings. The number of benzene rings is 1. The minimum Gasteiger partial charge on any atom is -0.480 e. The lowest BCUT2D eigenvalue weighted by Crippen LogP contribution is -2.40. The molecule has 0 bridgehead atoms. The summed E-state index contributed by atoms with van der Waals surface area (Å²) in [5, 5.41) is 11.0. The number of hydrogen-bond acceptors (Lipinski definition) is 5. The van der Waals surface area contributed by atoms with Crippen LogP contribution in [0, 0.1) is 13.8 Å². The molecule has 1 aromatic carbocycles. The molecule has 0 unspecified atom stereocenters. The van der Waals surface area contributed by atoms with E-state index in [1.165, 1.54) is 4.90 Å². The van der Waals surface area contributed by atoms with Crippen molar-refractivity contribution in [3.8, 4) is 0 Å². The molecule has 0 aliphatic carbocycles. The fourth-order valence-corrected chi connectivity index (χ4v) is 4.02. The van der Waals surface area contributed by atoms with Crippen LogP contribution < -0.4 is 5.63 Å². The molecule has 1 aliphatic heterocycles. The number of carboxylic acid groups (broad SMARTS) is 1. The van der Waals surface area contributed by atoms with Gasteiger partial charge in [-0.05, 0) is 50.3 Å². The Kier molecular flexibility index (Phi) is 4.45. The maximum atomic E-state index is 12.5. The number of amides is 1. The van der Waals surface area contributed by atoms with Gasteiger partial charge in [-0.3, -0.25) is 4.79 Å². The van der Waals surface area contributed by atoms with Crippen molar-refractivity contribution in [1.82, 2.24) is 4.90 Å². The number of aryl methyl sites for hydroxylation is 2. The minimum absolute atomic E-state index is 0.0773. The van der Waals surface area contributed by atoms with Crippen molar-refractivity contribution in [2.24, 2.45) is 0 Å². The SMILES string of the molecule is Cc1coc2cc3oc(=O)c(CCC(=O)N4CCC[C@@H]4C(=O)O)c(C)c3cc12. The summed E-state index contributed by atoms with van der Waals surface area (Å²) < 4.78 is 10.9. The van der Waals surface area contributed by atoms with Crippen molar-refractivity contribution in [2.45, 2.75) is 45.6 Å². The van der Waals surface area contributed by atoms with Crippen LogP contribution in [0.4, 0.5) is 0 Å². The van der Waals surface area contributed by atoms with Gasteiger partial charge in [0.15, 0.2) is 0 Å². The van der Waals surface area contributed by atoms with Crippen LogP contribution in [0.25, 0.3) is 21.9 Å². The van der Waals surface area contributed by atoms with Crippen LogP contribution in [0.2, 0.25) is 0 Å². The highest BCUT2D eigenvalue weighted by Gasteiger charge is 2.33. The highest BCUT2D eigenvalue weighted by Crippen LogP contribution is 2.29. The summed E-state index contributed by atoms with van der Waals surface area (Å²) in [5.74, 6) is -1.23. The first-order valence-corrected chi connectivity index (χ1v) is 9.33. The highest BCUT2D eigenvalue weighted by atomic mass is 16.4. The zero-order valence-electron chi connectivity index (χ0n) is 15.8. The first-order valence-electron chi connectivity index (χ1n) is 9.33. The summed E-state index contributed by atoms with van der Waals surface area (Å²) >= 11 is 0. The third-order valence-corrected chi connectivity index (χ3v) is 5.62. The van der Waals surface area contributed by atoms with Crippen LogP contribution in [0.3, 0.4) is 0 Å². The Bertz CT molecular complexity index is 1160. The Balaban J connectivity index is 1.64. The minimum atomic E-state index is -0.980. The summed E-state index contributed by atoms with van der Waals surface area (Å²) in [5.41, 5.74) is 2.85. The molecule has 1 amide bonds. The predicted molar refractivity (Wildman–Crippen MR) is 102 cm³/mol. The van der Waals surface area contributed by atoms with Gasteiger partial charge in [0, 0.05) is 35.4 Å². The van der Waals surface area contributed by atoms with Crippen molar-refractivity contribution in [3.05, 3.63) is 45.5 Å². The summed E-state index contributed by atoms with van der Waals surface area (Å²) in [6.07, 6.45) is 3.10. The number of rotatable bonds is 4. The number of likely N-dealkylation sites (tertiary alicyclic amines) is 1. The molecule has 4 rings (SSSR count). The van der Waals surface area contributed by atoms with Gasteiger partial charge in [0.2, 0.25) is 5.91 Å². The second-order valence-electron chi connectivity index (χ2n) is 7.34. The molecule has 0 radical (unpaired) electrons. The van der Waals surface area contributed by atoms with Gasteiger partial charge in [-0.2, -0.15) is 0 Å². The van der Waals surface area contributed by atoms with Crippen molar-refractivity contribution in [2.75, 3.05) is 6.54 Å². The maximum Gasteiger partial charge on any atom is 0.339 e. The van der Waals surface area contributed by atoms with Crippen LogP contribution in [0.1, 0.15) is 36.0 Å². The van der Waals surface area contributed by atoms with E-state index in [0.29, 0.717) is 36.1 Å². The summed E-state index contributed by atoms with van der Waals surface area (Å²) in [6.45, 7) is 4.23. The Labute approximate surface area is 160 Å². The molecule has 1 aliphatic rings. The quantitative estimate of drug-likeness (QED) is 0.695. The molecule has 7 nitrogen and oxygen atoms in total. The largest absolute Gasteiger partial charge is 0.480 e. The van der Waals surface area contributed by atoms with Gasteiger partial charge >= 0.3 is 11.6 Å². The van der Waals surface area contributed by atoms with E-state index in [1.54, 1.807) is 12.3 Å². The van der Waals surface area contributed by atoms with Crippen molar-refractivity contribution >= 4 is 33.8 Å². The van der Waals surface area contributed by atoms with Crippen LogP contribution in [-0.2, 0) is 16.0 Å². The van der Waals surface area contributed by atoms with Crippen LogP contribution >= 0.6 is 0 Å². The van der Waals surface area contributed by atoms with Gasteiger partial charge in [-0.25, -0.2) is 9.59 Å². The van der Waals surface area contributed by atoms with Gasteiger partial charge in [-0.15, -0.1) is 0 Å². The topological polar surface area (TPSA) is 101 Å². The number of carbonyl (C=O) groups is 2. The number of hydrogen-bond donors (Lipinski definition) is 1. The van der Waals surface area contributed by atoms with Gasteiger partial charge in [-0.1, -0.05) is 0 Å². The van der Waals surface area contributed by atoms with E-state index in [1.807, 2.05) is 19.9 Å². The zero-order chi connectivity index (χ0) is 20.0. The van der Waals surface area contributed by atoms with Crippen LogP contribution in [0.5, 0.6) is 0 Å². The standard InChI is InChI=1S/C21H21NO6/c1-11-10-27-17-9-18-15(8-14(11)17)12(2)13(21(26)28-18)5-6-19(23)22-7-3-4-16(22)20(24)25/h8-10,16H,3-7H2,1-2H3,(H,24,25)/t16-/m1/s1. The van der Waals surface area contributed by atoms with E-state index < -0.39 is 17.6 Å². The van der Waals surface area contributed by atoms with Crippen molar-refractivity contribution < 1.29 is 23.5 Å². The second kappa shape index (κ2) is 6.82. The highest BCUT2D eigenvalue weighted by molar-refractivity contribution is 5.96. The second-order valence-corrected chi connectivity index (χ2v) is 7.34. The number of fused-ring (bicyclic) bond motifs is 2. The summed E-state index contributed by atoms with van der Waals surface area (Å²) in [7, 11) is 0. The lowest BCUT2D eigenvalue weighted by atomic mass is 10.0. The van der Waals surface area contributed by atoms with Gasteiger partial charge in [0.05, 0.1) is 6.26 Å². The molecule has 2 aromatic heterocycles. The van der Waals surface area contributed by atoms with Crippen LogP contribution in [-0.4, -0.2) is 34.5 Å². The summed E-state index contributed by atoms with van der Waals surface area (Å²) in [4.78, 5) is 37.7. The van der Waals surface area contributed by atoms with Gasteiger partial charge < -0.3 is 18.8 Å². The molecule has 28 heavy (non-hydrogen) atoms. The molecule has 1 saturated heterocycles. The Morgan fingerprint density at radius 3 is 2.75 bits per heavy atom. The molecule has 146 valence electrons. The van der Waals surface area contributed by atoms with Crippen molar-refractivity contribution in [3.63, 3.8) is 0 Å². The monoisotopic (exact) mass is 383 g/mol. The Morgan fingerprint density at radius 1 is 1.21 bits per heavy atom. The van der Waals surface area contributed by atoms with E-state index in [2.05, 4.69) is 0 Å². The molecule has 1 fully saturated rings. The lowest BCUT2D eigenvalue weighted by Gasteiger charge is -2.21. The molecular weight excluding hydrogens is 362 g/mol.